The highest BCUT2D eigenvalue weighted by atomic mass is 79.9. The van der Waals surface area contributed by atoms with Crippen LogP contribution in [0, 0.1) is 0 Å². The van der Waals surface area contributed by atoms with Gasteiger partial charge < -0.3 is 4.74 Å². The summed E-state index contributed by atoms with van der Waals surface area (Å²) >= 11 is 3.45. The van der Waals surface area contributed by atoms with E-state index >= 15 is 0 Å². The van der Waals surface area contributed by atoms with E-state index in [1.54, 1.807) is 23.7 Å². The Bertz CT molecular complexity index is 814. The number of aromatic nitrogens is 3. The second-order valence-corrected chi connectivity index (χ2v) is 5.28. The van der Waals surface area contributed by atoms with Gasteiger partial charge in [-0.3, -0.25) is 0 Å². The summed E-state index contributed by atoms with van der Waals surface area (Å²) < 4.78 is 7.59. The van der Waals surface area contributed by atoms with Crippen LogP contribution >= 0.6 is 15.9 Å². The van der Waals surface area contributed by atoms with Crippen LogP contribution in [0.15, 0.2) is 47.1 Å². The SMILES string of the molecule is CCOC(=O)c1cc2nccc(-c3cccc(Br)c3)n2n1. The van der Waals surface area contributed by atoms with Crippen molar-refractivity contribution in [3.05, 3.63) is 52.8 Å². The van der Waals surface area contributed by atoms with E-state index in [0.29, 0.717) is 12.3 Å². The van der Waals surface area contributed by atoms with E-state index in [2.05, 4.69) is 26.0 Å². The first-order chi connectivity index (χ1) is 10.2. The maximum Gasteiger partial charge on any atom is 0.358 e. The van der Waals surface area contributed by atoms with Crippen molar-refractivity contribution in [2.24, 2.45) is 0 Å². The van der Waals surface area contributed by atoms with E-state index in [0.717, 1.165) is 15.7 Å². The van der Waals surface area contributed by atoms with Crippen molar-refractivity contribution >= 4 is 27.5 Å². The second-order valence-electron chi connectivity index (χ2n) is 4.36. The molecule has 3 rings (SSSR count). The summed E-state index contributed by atoms with van der Waals surface area (Å²) in [6.07, 6.45) is 1.70. The molecule has 6 heteroatoms. The summed E-state index contributed by atoms with van der Waals surface area (Å²) in [5, 5.41) is 4.30. The lowest BCUT2D eigenvalue weighted by atomic mass is 10.1. The molecule has 0 saturated carbocycles. The summed E-state index contributed by atoms with van der Waals surface area (Å²) in [6, 6.07) is 11.3. The summed E-state index contributed by atoms with van der Waals surface area (Å²) in [5.41, 5.74) is 2.70. The zero-order chi connectivity index (χ0) is 14.8. The molecule has 0 spiro atoms. The van der Waals surface area contributed by atoms with Crippen molar-refractivity contribution in [3.63, 3.8) is 0 Å². The molecule has 0 aliphatic heterocycles. The number of carbonyl (C=O) groups excluding carboxylic acids is 1. The molecule has 0 radical (unpaired) electrons. The van der Waals surface area contributed by atoms with Crippen LogP contribution in [0.5, 0.6) is 0 Å². The summed E-state index contributed by atoms with van der Waals surface area (Å²) in [5.74, 6) is -0.441. The largest absolute Gasteiger partial charge is 0.461 e. The minimum Gasteiger partial charge on any atom is -0.461 e. The average molecular weight is 346 g/mol. The van der Waals surface area contributed by atoms with Gasteiger partial charge in [0.05, 0.1) is 12.3 Å². The molecule has 0 aliphatic carbocycles. The van der Waals surface area contributed by atoms with Gasteiger partial charge in [-0.05, 0) is 25.1 Å². The molecule has 0 saturated heterocycles. The van der Waals surface area contributed by atoms with Crippen LogP contribution in [0.3, 0.4) is 0 Å². The molecular weight excluding hydrogens is 334 g/mol. The smallest absolute Gasteiger partial charge is 0.358 e. The number of benzene rings is 1. The van der Waals surface area contributed by atoms with E-state index in [-0.39, 0.29) is 5.69 Å². The normalized spacial score (nSPS) is 10.8. The zero-order valence-electron chi connectivity index (χ0n) is 11.3. The average Bonchev–Trinajstić information content (AvgIpc) is 2.91. The summed E-state index contributed by atoms with van der Waals surface area (Å²) in [4.78, 5) is 16.0. The van der Waals surface area contributed by atoms with E-state index in [4.69, 9.17) is 4.74 Å². The van der Waals surface area contributed by atoms with Crippen molar-refractivity contribution in [1.29, 1.82) is 0 Å². The number of carbonyl (C=O) groups is 1. The zero-order valence-corrected chi connectivity index (χ0v) is 12.9. The van der Waals surface area contributed by atoms with Gasteiger partial charge in [0.15, 0.2) is 11.3 Å². The molecule has 2 heterocycles. The minimum atomic E-state index is -0.441. The van der Waals surface area contributed by atoms with Gasteiger partial charge in [0, 0.05) is 22.3 Å². The molecule has 2 aromatic heterocycles. The first kappa shape index (κ1) is 13.8. The number of esters is 1. The van der Waals surface area contributed by atoms with Crippen molar-refractivity contribution in [1.82, 2.24) is 14.6 Å². The first-order valence-electron chi connectivity index (χ1n) is 6.47. The van der Waals surface area contributed by atoms with Gasteiger partial charge in [-0.1, -0.05) is 28.1 Å². The number of fused-ring (bicyclic) bond motifs is 1. The highest BCUT2D eigenvalue weighted by molar-refractivity contribution is 9.10. The number of halogens is 1. The lowest BCUT2D eigenvalue weighted by Crippen LogP contribution is -2.05. The molecule has 21 heavy (non-hydrogen) atoms. The van der Waals surface area contributed by atoms with Crippen molar-refractivity contribution in [3.8, 4) is 11.3 Å². The molecule has 0 N–H and O–H groups in total. The van der Waals surface area contributed by atoms with Crippen LogP contribution in [-0.4, -0.2) is 27.2 Å². The van der Waals surface area contributed by atoms with E-state index in [1.807, 2.05) is 30.3 Å². The van der Waals surface area contributed by atoms with Crippen LogP contribution in [0.2, 0.25) is 0 Å². The van der Waals surface area contributed by atoms with Gasteiger partial charge in [-0.15, -0.1) is 0 Å². The Hall–Kier alpha value is -2.21. The van der Waals surface area contributed by atoms with Gasteiger partial charge >= 0.3 is 5.97 Å². The molecule has 0 aliphatic rings. The fraction of sp³-hybridized carbons (Fsp3) is 0.133. The molecule has 1 aromatic carbocycles. The molecule has 106 valence electrons. The minimum absolute atomic E-state index is 0.256. The molecule has 0 bridgehead atoms. The quantitative estimate of drug-likeness (QED) is 0.683. The topological polar surface area (TPSA) is 56.5 Å². The number of hydrogen-bond donors (Lipinski definition) is 0. The third-order valence-corrected chi connectivity index (χ3v) is 3.46. The molecule has 0 amide bonds. The Balaban J connectivity index is 2.14. The van der Waals surface area contributed by atoms with Gasteiger partial charge in [-0.25, -0.2) is 14.3 Å². The Morgan fingerprint density at radius 1 is 1.33 bits per heavy atom. The highest BCUT2D eigenvalue weighted by Crippen LogP contribution is 2.23. The molecule has 0 atom stereocenters. The Labute approximate surface area is 129 Å². The van der Waals surface area contributed by atoms with Crippen LogP contribution in [0.4, 0.5) is 0 Å². The van der Waals surface area contributed by atoms with E-state index < -0.39 is 5.97 Å². The highest BCUT2D eigenvalue weighted by Gasteiger charge is 2.14. The van der Waals surface area contributed by atoms with Crippen LogP contribution in [0.25, 0.3) is 16.9 Å². The summed E-state index contributed by atoms with van der Waals surface area (Å²) in [7, 11) is 0. The molecule has 3 aromatic rings. The Morgan fingerprint density at radius 2 is 2.19 bits per heavy atom. The Kier molecular flexibility index (Phi) is 3.70. The molecular formula is C15H12BrN3O2. The van der Waals surface area contributed by atoms with Crippen molar-refractivity contribution in [2.45, 2.75) is 6.92 Å². The monoisotopic (exact) mass is 345 g/mol. The maximum atomic E-state index is 11.8. The fourth-order valence-corrected chi connectivity index (χ4v) is 2.47. The van der Waals surface area contributed by atoms with E-state index in [9.17, 15) is 4.79 Å². The van der Waals surface area contributed by atoms with Gasteiger partial charge in [0.1, 0.15) is 0 Å². The standard InChI is InChI=1S/C15H12BrN3O2/c1-2-21-15(20)12-9-14-17-7-6-13(19(14)18-12)10-4-3-5-11(16)8-10/h3-9H,2H2,1H3. The van der Waals surface area contributed by atoms with Gasteiger partial charge in [0.25, 0.3) is 0 Å². The van der Waals surface area contributed by atoms with Crippen LogP contribution in [-0.2, 0) is 4.74 Å². The fourth-order valence-electron chi connectivity index (χ4n) is 2.07. The van der Waals surface area contributed by atoms with E-state index in [1.165, 1.54) is 0 Å². The number of nitrogens with zero attached hydrogens (tertiary/aromatic N) is 3. The predicted octanol–water partition coefficient (Wildman–Crippen LogP) is 3.34. The summed E-state index contributed by atoms with van der Waals surface area (Å²) in [6.45, 7) is 2.08. The van der Waals surface area contributed by atoms with Gasteiger partial charge in [-0.2, -0.15) is 5.10 Å². The first-order valence-corrected chi connectivity index (χ1v) is 7.26. The third kappa shape index (κ3) is 2.67. The van der Waals surface area contributed by atoms with Crippen molar-refractivity contribution in [2.75, 3.05) is 6.61 Å². The van der Waals surface area contributed by atoms with Crippen LogP contribution < -0.4 is 0 Å². The number of ether oxygens (including phenoxy) is 1. The third-order valence-electron chi connectivity index (χ3n) is 2.96. The van der Waals surface area contributed by atoms with Crippen molar-refractivity contribution < 1.29 is 9.53 Å². The number of rotatable bonds is 3. The van der Waals surface area contributed by atoms with Crippen LogP contribution in [0.1, 0.15) is 17.4 Å². The Morgan fingerprint density at radius 3 is 2.95 bits per heavy atom. The lowest BCUT2D eigenvalue weighted by Gasteiger charge is -2.04. The number of hydrogen-bond acceptors (Lipinski definition) is 4. The lowest BCUT2D eigenvalue weighted by molar-refractivity contribution is 0.0519. The predicted molar refractivity (Wildman–Crippen MR) is 82.1 cm³/mol. The molecule has 0 unspecified atom stereocenters. The molecule has 5 nitrogen and oxygen atoms in total. The van der Waals surface area contributed by atoms with Gasteiger partial charge in [0.2, 0.25) is 0 Å². The maximum absolute atomic E-state index is 11.8. The second kappa shape index (κ2) is 5.65. The molecule has 0 fully saturated rings.